The fourth-order valence-electron chi connectivity index (χ4n) is 2.27. The Morgan fingerprint density at radius 1 is 1.30 bits per heavy atom. The molecule has 0 aromatic rings. The molecule has 0 unspecified atom stereocenters. The van der Waals surface area contributed by atoms with E-state index in [0.29, 0.717) is 12.8 Å². The third-order valence-electron chi connectivity index (χ3n) is 3.46. The summed E-state index contributed by atoms with van der Waals surface area (Å²) in [5.74, 6) is -1.85. The van der Waals surface area contributed by atoms with Crippen molar-refractivity contribution in [3.05, 3.63) is 0 Å². The van der Waals surface area contributed by atoms with Crippen molar-refractivity contribution in [2.24, 2.45) is 0 Å². The highest BCUT2D eigenvalue weighted by molar-refractivity contribution is 7.90. The van der Waals surface area contributed by atoms with Crippen molar-refractivity contribution in [2.75, 3.05) is 7.11 Å². The molecule has 0 bridgehead atoms. The van der Waals surface area contributed by atoms with E-state index in [1.807, 2.05) is 0 Å². The Kier molecular flexibility index (Phi) is 6.41. The van der Waals surface area contributed by atoms with Gasteiger partial charge in [-0.1, -0.05) is 19.3 Å². The van der Waals surface area contributed by atoms with Gasteiger partial charge in [-0.3, -0.25) is 9.59 Å². The Morgan fingerprint density at radius 2 is 1.90 bits per heavy atom. The van der Waals surface area contributed by atoms with Crippen LogP contribution in [0.5, 0.6) is 0 Å². The maximum absolute atomic E-state index is 12.1. The summed E-state index contributed by atoms with van der Waals surface area (Å²) in [6.45, 7) is 0. The van der Waals surface area contributed by atoms with Gasteiger partial charge >= 0.3 is 11.9 Å². The highest BCUT2D eigenvalue weighted by atomic mass is 32.2. The smallest absolute Gasteiger partial charge is 0.321 e. The standard InChI is InChI=1S/C12H21NO6S/c1-19-11(14)8-7-10(12(15)16)13-20(17,18)9-5-3-2-4-6-9/h9-10,13H,2-8H2,1H3,(H,15,16)/t10-/m0/s1. The fraction of sp³-hybridized carbons (Fsp3) is 0.833. The lowest BCUT2D eigenvalue weighted by atomic mass is 10.0. The molecule has 1 fully saturated rings. The van der Waals surface area contributed by atoms with Gasteiger partial charge in [0, 0.05) is 6.42 Å². The number of aliphatic carboxylic acids is 1. The van der Waals surface area contributed by atoms with Gasteiger partial charge in [-0.05, 0) is 19.3 Å². The van der Waals surface area contributed by atoms with E-state index in [0.717, 1.165) is 19.3 Å². The molecular weight excluding hydrogens is 286 g/mol. The van der Waals surface area contributed by atoms with E-state index in [-0.39, 0.29) is 12.8 Å². The van der Waals surface area contributed by atoms with Crippen LogP contribution in [0.4, 0.5) is 0 Å². The number of carboxylic acid groups (broad SMARTS) is 1. The summed E-state index contributed by atoms with van der Waals surface area (Å²) in [4.78, 5) is 22.1. The van der Waals surface area contributed by atoms with Crippen molar-refractivity contribution in [1.29, 1.82) is 0 Å². The van der Waals surface area contributed by atoms with E-state index in [2.05, 4.69) is 9.46 Å². The minimum Gasteiger partial charge on any atom is -0.480 e. The lowest BCUT2D eigenvalue weighted by Crippen LogP contribution is -2.45. The Hall–Kier alpha value is -1.15. The van der Waals surface area contributed by atoms with Crippen molar-refractivity contribution < 1.29 is 27.9 Å². The van der Waals surface area contributed by atoms with Crippen molar-refractivity contribution in [3.8, 4) is 0 Å². The number of carbonyl (C=O) groups excluding carboxylic acids is 1. The largest absolute Gasteiger partial charge is 0.480 e. The number of methoxy groups -OCH3 is 1. The molecule has 1 atom stereocenters. The highest BCUT2D eigenvalue weighted by Gasteiger charge is 2.32. The van der Waals surface area contributed by atoms with Crippen molar-refractivity contribution >= 4 is 22.0 Å². The minimum absolute atomic E-state index is 0.117. The van der Waals surface area contributed by atoms with E-state index >= 15 is 0 Å². The van der Waals surface area contributed by atoms with E-state index in [4.69, 9.17) is 5.11 Å². The van der Waals surface area contributed by atoms with Gasteiger partial charge in [0.2, 0.25) is 10.0 Å². The number of nitrogens with one attached hydrogen (secondary N) is 1. The molecule has 2 N–H and O–H groups in total. The Bertz CT molecular complexity index is 441. The lowest BCUT2D eigenvalue weighted by Gasteiger charge is -2.24. The van der Waals surface area contributed by atoms with Gasteiger partial charge < -0.3 is 9.84 Å². The molecule has 0 aromatic carbocycles. The average Bonchev–Trinajstić information content (AvgIpc) is 2.43. The molecule has 116 valence electrons. The molecule has 0 aromatic heterocycles. The number of carboxylic acids is 1. The number of hydrogen-bond acceptors (Lipinski definition) is 5. The molecule has 0 spiro atoms. The Morgan fingerprint density at radius 3 is 2.40 bits per heavy atom. The number of ether oxygens (including phenoxy) is 1. The van der Waals surface area contributed by atoms with E-state index in [1.165, 1.54) is 7.11 Å². The normalized spacial score (nSPS) is 18.4. The Balaban J connectivity index is 2.63. The quantitative estimate of drug-likeness (QED) is 0.668. The molecule has 8 heteroatoms. The van der Waals surface area contributed by atoms with E-state index in [9.17, 15) is 18.0 Å². The average molecular weight is 307 g/mol. The van der Waals surface area contributed by atoms with Crippen molar-refractivity contribution in [2.45, 2.75) is 56.2 Å². The fourth-order valence-corrected chi connectivity index (χ4v) is 4.03. The molecule has 0 heterocycles. The number of rotatable bonds is 7. The van der Waals surface area contributed by atoms with Crippen LogP contribution < -0.4 is 4.72 Å². The van der Waals surface area contributed by atoms with Crippen LogP contribution in [0, 0.1) is 0 Å². The van der Waals surface area contributed by atoms with Crippen LogP contribution in [0.2, 0.25) is 0 Å². The molecule has 0 saturated heterocycles. The SMILES string of the molecule is COC(=O)CC[C@H](NS(=O)(=O)C1CCCCC1)C(=O)O. The van der Waals surface area contributed by atoms with Crippen LogP contribution in [-0.2, 0) is 24.3 Å². The first kappa shape index (κ1) is 16.9. The molecule has 20 heavy (non-hydrogen) atoms. The summed E-state index contributed by atoms with van der Waals surface area (Å²) in [7, 11) is -2.47. The molecular formula is C12H21NO6S. The second kappa shape index (κ2) is 7.58. The summed E-state index contributed by atoms with van der Waals surface area (Å²) in [6.07, 6.45) is 3.54. The van der Waals surface area contributed by atoms with Gasteiger partial charge in [0.25, 0.3) is 0 Å². The zero-order valence-corrected chi connectivity index (χ0v) is 12.3. The van der Waals surface area contributed by atoms with Gasteiger partial charge in [-0.15, -0.1) is 0 Å². The van der Waals surface area contributed by atoms with Gasteiger partial charge in [-0.25, -0.2) is 13.1 Å². The first-order chi connectivity index (χ1) is 9.36. The number of carbonyl (C=O) groups is 2. The summed E-state index contributed by atoms with van der Waals surface area (Å²) >= 11 is 0. The predicted molar refractivity (Wildman–Crippen MR) is 71.6 cm³/mol. The highest BCUT2D eigenvalue weighted by Crippen LogP contribution is 2.23. The zero-order valence-electron chi connectivity index (χ0n) is 11.5. The topological polar surface area (TPSA) is 110 Å². The zero-order chi connectivity index (χ0) is 15.2. The molecule has 1 rings (SSSR count). The predicted octanol–water partition coefficient (Wildman–Crippen LogP) is 0.645. The summed E-state index contributed by atoms with van der Waals surface area (Å²) in [5, 5.41) is 8.51. The van der Waals surface area contributed by atoms with Crippen LogP contribution in [0.3, 0.4) is 0 Å². The summed E-state index contributed by atoms with van der Waals surface area (Å²) in [6, 6.07) is -1.29. The van der Waals surface area contributed by atoms with Crippen LogP contribution in [0.15, 0.2) is 0 Å². The number of hydrogen-bond donors (Lipinski definition) is 2. The van der Waals surface area contributed by atoms with Gasteiger partial charge in [0.05, 0.1) is 12.4 Å². The molecule has 1 saturated carbocycles. The third-order valence-corrected chi connectivity index (χ3v) is 5.42. The molecule has 1 aliphatic rings. The van der Waals surface area contributed by atoms with E-state index in [1.54, 1.807) is 0 Å². The minimum atomic E-state index is -3.67. The van der Waals surface area contributed by atoms with Gasteiger partial charge in [0.1, 0.15) is 6.04 Å². The first-order valence-electron chi connectivity index (χ1n) is 6.67. The molecule has 0 amide bonds. The van der Waals surface area contributed by atoms with Crippen LogP contribution >= 0.6 is 0 Å². The molecule has 0 aliphatic heterocycles. The van der Waals surface area contributed by atoms with E-state index < -0.39 is 33.3 Å². The number of esters is 1. The van der Waals surface area contributed by atoms with Crippen molar-refractivity contribution in [3.63, 3.8) is 0 Å². The van der Waals surface area contributed by atoms with Crippen molar-refractivity contribution in [1.82, 2.24) is 4.72 Å². The second-order valence-corrected chi connectivity index (χ2v) is 6.92. The molecule has 0 radical (unpaired) electrons. The van der Waals surface area contributed by atoms with Gasteiger partial charge in [0.15, 0.2) is 0 Å². The molecule has 1 aliphatic carbocycles. The van der Waals surface area contributed by atoms with Crippen LogP contribution in [-0.4, -0.2) is 43.9 Å². The molecule has 7 nitrogen and oxygen atoms in total. The first-order valence-corrected chi connectivity index (χ1v) is 8.22. The maximum atomic E-state index is 12.1. The second-order valence-electron chi connectivity index (χ2n) is 4.93. The summed E-state index contributed by atoms with van der Waals surface area (Å²) in [5.41, 5.74) is 0. The van der Waals surface area contributed by atoms with Crippen LogP contribution in [0.25, 0.3) is 0 Å². The lowest BCUT2D eigenvalue weighted by molar-refractivity contribution is -0.142. The maximum Gasteiger partial charge on any atom is 0.321 e. The number of sulfonamides is 1. The summed E-state index contributed by atoms with van der Waals surface area (Å²) < 4.78 is 30.9. The van der Waals surface area contributed by atoms with Crippen LogP contribution in [0.1, 0.15) is 44.9 Å². The monoisotopic (exact) mass is 307 g/mol. The van der Waals surface area contributed by atoms with Gasteiger partial charge in [-0.2, -0.15) is 0 Å². The Labute approximate surface area is 118 Å². The third kappa shape index (κ3) is 5.09.